The maximum absolute atomic E-state index is 13.0. The molecule has 3 nitrogen and oxygen atoms in total. The van der Waals surface area contributed by atoms with Gasteiger partial charge in [0.25, 0.3) is 0 Å². The van der Waals surface area contributed by atoms with Crippen molar-refractivity contribution in [3.63, 3.8) is 0 Å². The Bertz CT molecular complexity index is 809. The Morgan fingerprint density at radius 3 is 2.46 bits per heavy atom. The van der Waals surface area contributed by atoms with Crippen LogP contribution in [0.25, 0.3) is 0 Å². The van der Waals surface area contributed by atoms with Gasteiger partial charge in [0.2, 0.25) is 0 Å². The minimum absolute atomic E-state index is 0.000755. The summed E-state index contributed by atoms with van der Waals surface area (Å²) in [4.78, 5) is 25.8. The zero-order chi connectivity index (χ0) is 16.9. The third-order valence-corrected chi connectivity index (χ3v) is 5.49. The maximum Gasteiger partial charge on any atom is 0.325 e. The fourth-order valence-electron chi connectivity index (χ4n) is 4.37. The van der Waals surface area contributed by atoms with Crippen molar-refractivity contribution < 1.29 is 14.3 Å². The standard InChI is InChI=1S/C21H20O3/c1-13(2)19(22)21-12-16(14-8-4-3-5-9-14)18(21)15-10-6-7-11-17(15)24-20(21)23/h3-11,13,16,18H,12H2,1-2H3/t16-,18+,21-/m0/s1. The van der Waals surface area contributed by atoms with Crippen LogP contribution in [0.5, 0.6) is 5.75 Å². The van der Waals surface area contributed by atoms with E-state index in [1.165, 1.54) is 5.56 Å². The van der Waals surface area contributed by atoms with Gasteiger partial charge in [-0.05, 0) is 24.0 Å². The van der Waals surface area contributed by atoms with Gasteiger partial charge in [-0.15, -0.1) is 0 Å². The largest absolute Gasteiger partial charge is 0.425 e. The summed E-state index contributed by atoms with van der Waals surface area (Å²) in [7, 11) is 0. The first-order chi connectivity index (χ1) is 11.6. The first-order valence-electron chi connectivity index (χ1n) is 8.46. The summed E-state index contributed by atoms with van der Waals surface area (Å²) in [6.45, 7) is 3.72. The van der Waals surface area contributed by atoms with Crippen LogP contribution >= 0.6 is 0 Å². The third-order valence-electron chi connectivity index (χ3n) is 5.49. The Morgan fingerprint density at radius 2 is 1.75 bits per heavy atom. The van der Waals surface area contributed by atoms with Gasteiger partial charge in [0, 0.05) is 17.4 Å². The number of rotatable bonds is 3. The third kappa shape index (κ3) is 1.90. The lowest BCUT2D eigenvalue weighted by molar-refractivity contribution is -0.167. The number of esters is 1. The zero-order valence-electron chi connectivity index (χ0n) is 13.9. The molecule has 4 rings (SSSR count). The number of ether oxygens (including phenoxy) is 1. The SMILES string of the molecule is CC(C)C(=O)[C@]12C[C@@H](c3ccccc3)[C@H]1c1ccccc1OC2=O. The summed E-state index contributed by atoms with van der Waals surface area (Å²) in [6.07, 6.45) is 0.534. The molecule has 0 amide bonds. The lowest BCUT2D eigenvalue weighted by Crippen LogP contribution is -2.60. The molecule has 3 atom stereocenters. The van der Waals surface area contributed by atoms with Crippen molar-refractivity contribution in [3.8, 4) is 5.75 Å². The molecule has 0 spiro atoms. The molecule has 0 N–H and O–H groups in total. The van der Waals surface area contributed by atoms with Crippen LogP contribution in [0.1, 0.15) is 43.2 Å². The number of para-hydroxylation sites is 1. The molecular formula is C21H20O3. The highest BCUT2D eigenvalue weighted by atomic mass is 16.5. The first-order valence-corrected chi connectivity index (χ1v) is 8.46. The molecule has 1 aliphatic carbocycles. The molecule has 0 bridgehead atoms. The van der Waals surface area contributed by atoms with Gasteiger partial charge in [0.1, 0.15) is 11.2 Å². The fourth-order valence-corrected chi connectivity index (χ4v) is 4.37. The van der Waals surface area contributed by atoms with Crippen molar-refractivity contribution in [2.45, 2.75) is 32.1 Å². The summed E-state index contributed by atoms with van der Waals surface area (Å²) >= 11 is 0. The molecule has 122 valence electrons. The normalized spacial score (nSPS) is 27.7. The van der Waals surface area contributed by atoms with E-state index in [0.29, 0.717) is 12.2 Å². The number of hydrogen-bond acceptors (Lipinski definition) is 3. The van der Waals surface area contributed by atoms with Crippen molar-refractivity contribution in [1.82, 2.24) is 0 Å². The van der Waals surface area contributed by atoms with Crippen LogP contribution in [0.4, 0.5) is 0 Å². The highest BCUT2D eigenvalue weighted by molar-refractivity contribution is 6.09. The minimum Gasteiger partial charge on any atom is -0.425 e. The van der Waals surface area contributed by atoms with Crippen molar-refractivity contribution in [3.05, 3.63) is 65.7 Å². The van der Waals surface area contributed by atoms with E-state index in [1.807, 2.05) is 56.3 Å². The monoisotopic (exact) mass is 320 g/mol. The van der Waals surface area contributed by atoms with E-state index < -0.39 is 5.41 Å². The van der Waals surface area contributed by atoms with E-state index in [-0.39, 0.29) is 29.5 Å². The fraction of sp³-hybridized carbons (Fsp3) is 0.333. The molecule has 1 heterocycles. The van der Waals surface area contributed by atoms with E-state index in [4.69, 9.17) is 4.74 Å². The molecule has 0 unspecified atom stereocenters. The molecule has 1 aliphatic heterocycles. The minimum atomic E-state index is -1.02. The average molecular weight is 320 g/mol. The Hall–Kier alpha value is -2.42. The highest BCUT2D eigenvalue weighted by Gasteiger charge is 2.67. The van der Waals surface area contributed by atoms with Gasteiger partial charge in [-0.1, -0.05) is 62.4 Å². The Morgan fingerprint density at radius 1 is 1.08 bits per heavy atom. The van der Waals surface area contributed by atoms with E-state index in [2.05, 4.69) is 12.1 Å². The number of Topliss-reactive ketones (excluding diaryl/α,β-unsaturated/α-hetero) is 1. The molecule has 1 fully saturated rings. The molecule has 0 saturated heterocycles. The molecule has 0 aromatic heterocycles. The van der Waals surface area contributed by atoms with Gasteiger partial charge < -0.3 is 4.74 Å². The summed E-state index contributed by atoms with van der Waals surface area (Å²) < 4.78 is 5.56. The molecule has 0 radical (unpaired) electrons. The number of benzene rings is 2. The first kappa shape index (κ1) is 15.1. The van der Waals surface area contributed by atoms with Crippen LogP contribution in [0.15, 0.2) is 54.6 Å². The van der Waals surface area contributed by atoms with E-state index in [0.717, 1.165) is 5.56 Å². The van der Waals surface area contributed by atoms with Crippen molar-refractivity contribution in [1.29, 1.82) is 0 Å². The lowest BCUT2D eigenvalue weighted by atomic mass is 9.46. The van der Waals surface area contributed by atoms with Crippen LogP contribution in [-0.4, -0.2) is 11.8 Å². The number of fused-ring (bicyclic) bond motifs is 3. The quantitative estimate of drug-likeness (QED) is 0.486. The van der Waals surface area contributed by atoms with Crippen molar-refractivity contribution in [2.75, 3.05) is 0 Å². The van der Waals surface area contributed by atoms with Gasteiger partial charge in [-0.25, -0.2) is 0 Å². The Balaban J connectivity index is 1.86. The molecule has 24 heavy (non-hydrogen) atoms. The summed E-state index contributed by atoms with van der Waals surface area (Å²) in [6, 6.07) is 17.8. The summed E-state index contributed by atoms with van der Waals surface area (Å²) in [5.74, 6) is 0.0637. The van der Waals surface area contributed by atoms with Gasteiger partial charge in [-0.3, -0.25) is 9.59 Å². The second-order valence-electron chi connectivity index (χ2n) is 7.12. The zero-order valence-corrected chi connectivity index (χ0v) is 13.9. The molecule has 1 saturated carbocycles. The van der Waals surface area contributed by atoms with Crippen LogP contribution < -0.4 is 4.74 Å². The number of carbonyl (C=O) groups excluding carboxylic acids is 2. The molecule has 2 aromatic carbocycles. The van der Waals surface area contributed by atoms with Gasteiger partial charge in [0.15, 0.2) is 5.78 Å². The molecule has 2 aromatic rings. The smallest absolute Gasteiger partial charge is 0.325 e. The molecular weight excluding hydrogens is 300 g/mol. The topological polar surface area (TPSA) is 43.4 Å². The molecule has 2 aliphatic rings. The van der Waals surface area contributed by atoms with E-state index >= 15 is 0 Å². The van der Waals surface area contributed by atoms with Crippen molar-refractivity contribution in [2.24, 2.45) is 11.3 Å². The Kier molecular flexibility index (Phi) is 3.34. The van der Waals surface area contributed by atoms with E-state index in [9.17, 15) is 9.59 Å². The van der Waals surface area contributed by atoms with Gasteiger partial charge >= 0.3 is 5.97 Å². The Labute approximate surface area is 141 Å². The summed E-state index contributed by atoms with van der Waals surface area (Å²) in [5, 5.41) is 0. The number of ketones is 1. The van der Waals surface area contributed by atoms with Gasteiger partial charge in [-0.2, -0.15) is 0 Å². The van der Waals surface area contributed by atoms with E-state index in [1.54, 1.807) is 0 Å². The van der Waals surface area contributed by atoms with Crippen LogP contribution in [0, 0.1) is 11.3 Å². The highest BCUT2D eigenvalue weighted by Crippen LogP contribution is 2.66. The number of carbonyl (C=O) groups is 2. The lowest BCUT2D eigenvalue weighted by Gasteiger charge is -2.55. The van der Waals surface area contributed by atoms with Crippen molar-refractivity contribution >= 4 is 11.8 Å². The second-order valence-corrected chi connectivity index (χ2v) is 7.12. The van der Waals surface area contributed by atoms with Crippen LogP contribution in [0.2, 0.25) is 0 Å². The molecule has 3 heteroatoms. The number of hydrogen-bond donors (Lipinski definition) is 0. The summed E-state index contributed by atoms with van der Waals surface area (Å²) in [5.41, 5.74) is 1.13. The average Bonchev–Trinajstić information content (AvgIpc) is 2.56. The predicted molar refractivity (Wildman–Crippen MR) is 90.9 cm³/mol. The van der Waals surface area contributed by atoms with Crippen LogP contribution in [-0.2, 0) is 9.59 Å². The second kappa shape index (κ2) is 5.30. The maximum atomic E-state index is 13.0. The predicted octanol–water partition coefficient (Wildman–Crippen LogP) is 4.09. The van der Waals surface area contributed by atoms with Crippen LogP contribution in [0.3, 0.4) is 0 Å². The van der Waals surface area contributed by atoms with Gasteiger partial charge in [0.05, 0.1) is 0 Å².